The molecule has 158 valence electrons. The summed E-state index contributed by atoms with van der Waals surface area (Å²) in [6.45, 7) is 1.66. The molecule has 28 heavy (non-hydrogen) atoms. The molecule has 1 aliphatic carbocycles. The molecule has 0 spiro atoms. The number of hydrogen-bond donors (Lipinski definition) is 2. The zero-order chi connectivity index (χ0) is 19.1. The van der Waals surface area contributed by atoms with Crippen molar-refractivity contribution in [3.05, 3.63) is 30.3 Å². The van der Waals surface area contributed by atoms with Crippen LogP contribution in [0.25, 0.3) is 0 Å². The van der Waals surface area contributed by atoms with Gasteiger partial charge in [-0.15, -0.1) is 12.4 Å². The number of amides is 1. The molecular formula is C20H32ClN3O3S. The Balaban J connectivity index is 0.00000280. The highest BCUT2D eigenvalue weighted by Gasteiger charge is 2.39. The molecule has 2 aliphatic rings. The van der Waals surface area contributed by atoms with Crippen molar-refractivity contribution in [2.24, 2.45) is 0 Å². The van der Waals surface area contributed by atoms with E-state index in [1.54, 1.807) is 30.3 Å². The van der Waals surface area contributed by atoms with Crippen LogP contribution < -0.4 is 10.6 Å². The van der Waals surface area contributed by atoms with E-state index in [1.807, 2.05) is 0 Å². The molecule has 1 saturated carbocycles. The maximum Gasteiger partial charge on any atom is 0.243 e. The average Bonchev–Trinajstić information content (AvgIpc) is 3.05. The van der Waals surface area contributed by atoms with Crippen molar-refractivity contribution in [3.8, 4) is 0 Å². The van der Waals surface area contributed by atoms with Crippen molar-refractivity contribution in [3.63, 3.8) is 0 Å². The minimum Gasteiger partial charge on any atom is -0.353 e. The highest BCUT2D eigenvalue weighted by molar-refractivity contribution is 7.89. The third kappa shape index (κ3) is 5.92. The summed E-state index contributed by atoms with van der Waals surface area (Å²) in [4.78, 5) is 12.8. The fourth-order valence-corrected chi connectivity index (χ4v) is 5.76. The van der Waals surface area contributed by atoms with E-state index < -0.39 is 16.1 Å². The number of nitrogens with one attached hydrogen (secondary N) is 2. The van der Waals surface area contributed by atoms with E-state index in [1.165, 1.54) is 42.8 Å². The Hall–Kier alpha value is -1.15. The van der Waals surface area contributed by atoms with Crippen LogP contribution in [-0.2, 0) is 14.8 Å². The first-order valence-corrected chi connectivity index (χ1v) is 11.6. The lowest BCUT2D eigenvalue weighted by molar-refractivity contribution is -0.124. The third-order valence-corrected chi connectivity index (χ3v) is 7.49. The topological polar surface area (TPSA) is 78.5 Å². The SMILES string of the molecule is Cl.O=C(NCCNC1CCCCCC1)C1CCCN1S(=O)(=O)c1ccccc1. The molecule has 0 aromatic heterocycles. The van der Waals surface area contributed by atoms with Gasteiger partial charge >= 0.3 is 0 Å². The Kier molecular flexibility index (Phi) is 9.21. The lowest BCUT2D eigenvalue weighted by Gasteiger charge is -2.23. The van der Waals surface area contributed by atoms with Crippen molar-refractivity contribution >= 4 is 28.3 Å². The number of nitrogens with zero attached hydrogens (tertiary/aromatic N) is 1. The van der Waals surface area contributed by atoms with Crippen LogP contribution in [0.2, 0.25) is 0 Å². The Morgan fingerprint density at radius 2 is 1.64 bits per heavy atom. The molecule has 8 heteroatoms. The van der Waals surface area contributed by atoms with Gasteiger partial charge in [-0.2, -0.15) is 4.31 Å². The summed E-state index contributed by atoms with van der Waals surface area (Å²) in [5, 5.41) is 6.45. The highest BCUT2D eigenvalue weighted by Crippen LogP contribution is 2.26. The average molecular weight is 430 g/mol. The summed E-state index contributed by atoms with van der Waals surface area (Å²) in [6.07, 6.45) is 8.90. The van der Waals surface area contributed by atoms with Crippen molar-refractivity contribution in [1.82, 2.24) is 14.9 Å². The smallest absolute Gasteiger partial charge is 0.243 e. The normalized spacial score (nSPS) is 21.6. The molecule has 0 radical (unpaired) electrons. The number of halogens is 1. The first-order chi connectivity index (χ1) is 13.1. The molecule has 1 aromatic rings. The first kappa shape index (κ1) is 23.1. The molecule has 1 aromatic carbocycles. The van der Waals surface area contributed by atoms with Crippen LogP contribution in [0.5, 0.6) is 0 Å². The van der Waals surface area contributed by atoms with E-state index in [0.717, 1.165) is 6.54 Å². The molecule has 1 heterocycles. The van der Waals surface area contributed by atoms with Gasteiger partial charge < -0.3 is 10.6 Å². The van der Waals surface area contributed by atoms with Gasteiger partial charge in [0.25, 0.3) is 0 Å². The summed E-state index contributed by atoms with van der Waals surface area (Å²) in [5.74, 6) is -0.185. The maximum atomic E-state index is 12.9. The lowest BCUT2D eigenvalue weighted by Crippen LogP contribution is -2.47. The van der Waals surface area contributed by atoms with Gasteiger partial charge in [-0.25, -0.2) is 8.42 Å². The van der Waals surface area contributed by atoms with Crippen molar-refractivity contribution < 1.29 is 13.2 Å². The van der Waals surface area contributed by atoms with Crippen LogP contribution in [0.4, 0.5) is 0 Å². The second-order valence-electron chi connectivity index (χ2n) is 7.52. The van der Waals surface area contributed by atoms with Crippen LogP contribution in [-0.4, -0.2) is 50.3 Å². The second kappa shape index (κ2) is 11.1. The van der Waals surface area contributed by atoms with Crippen LogP contribution in [0.1, 0.15) is 51.4 Å². The van der Waals surface area contributed by atoms with Gasteiger partial charge in [0, 0.05) is 25.7 Å². The summed E-state index contributed by atoms with van der Waals surface area (Å²) in [7, 11) is -3.63. The van der Waals surface area contributed by atoms with Gasteiger partial charge in [-0.1, -0.05) is 43.9 Å². The summed E-state index contributed by atoms with van der Waals surface area (Å²) >= 11 is 0. The zero-order valence-corrected chi connectivity index (χ0v) is 17.9. The molecule has 0 bridgehead atoms. The standard InChI is InChI=1S/C20H31N3O3S.ClH/c24-20(22-15-14-21-17-9-4-1-2-5-10-17)19-13-8-16-23(19)27(25,26)18-11-6-3-7-12-18;/h3,6-7,11-12,17,19,21H,1-2,4-5,8-10,13-16H2,(H,22,24);1H. The van der Waals surface area contributed by atoms with Gasteiger partial charge in [0.15, 0.2) is 0 Å². The maximum absolute atomic E-state index is 12.9. The largest absolute Gasteiger partial charge is 0.353 e. The van der Waals surface area contributed by atoms with Crippen molar-refractivity contribution in [2.75, 3.05) is 19.6 Å². The summed E-state index contributed by atoms with van der Waals surface area (Å²) in [5.41, 5.74) is 0. The van der Waals surface area contributed by atoms with Crippen LogP contribution in [0, 0.1) is 0 Å². The number of carbonyl (C=O) groups is 1. The summed E-state index contributed by atoms with van der Waals surface area (Å²) in [6, 6.07) is 8.31. The lowest BCUT2D eigenvalue weighted by atomic mass is 10.1. The minimum atomic E-state index is -3.63. The monoisotopic (exact) mass is 429 g/mol. The zero-order valence-electron chi connectivity index (χ0n) is 16.3. The molecule has 1 amide bonds. The van der Waals surface area contributed by atoms with Gasteiger partial charge in [0.05, 0.1) is 4.90 Å². The molecular weight excluding hydrogens is 398 g/mol. The number of carbonyl (C=O) groups excluding carboxylic acids is 1. The molecule has 2 fully saturated rings. The fourth-order valence-electron chi connectivity index (χ4n) is 4.08. The van der Waals surface area contributed by atoms with Gasteiger partial charge in [-0.05, 0) is 37.8 Å². The van der Waals surface area contributed by atoms with E-state index in [4.69, 9.17) is 0 Å². The van der Waals surface area contributed by atoms with E-state index in [2.05, 4.69) is 10.6 Å². The van der Waals surface area contributed by atoms with Crippen LogP contribution in [0.15, 0.2) is 35.2 Å². The molecule has 1 atom stereocenters. The quantitative estimate of drug-likeness (QED) is 0.516. The van der Waals surface area contributed by atoms with Gasteiger partial charge in [0.1, 0.15) is 6.04 Å². The van der Waals surface area contributed by atoms with Crippen molar-refractivity contribution in [1.29, 1.82) is 0 Å². The van der Waals surface area contributed by atoms with Crippen LogP contribution in [0.3, 0.4) is 0 Å². The van der Waals surface area contributed by atoms with Crippen molar-refractivity contribution in [2.45, 2.75) is 68.3 Å². The van der Waals surface area contributed by atoms with Crippen LogP contribution >= 0.6 is 12.4 Å². The number of benzene rings is 1. The molecule has 2 N–H and O–H groups in total. The number of sulfonamides is 1. The molecule has 3 rings (SSSR count). The van der Waals surface area contributed by atoms with E-state index >= 15 is 0 Å². The fraction of sp³-hybridized carbons (Fsp3) is 0.650. The Morgan fingerprint density at radius 1 is 0.964 bits per heavy atom. The number of hydrogen-bond acceptors (Lipinski definition) is 4. The molecule has 1 unspecified atom stereocenters. The van der Waals surface area contributed by atoms with Gasteiger partial charge in [0.2, 0.25) is 15.9 Å². The Morgan fingerprint density at radius 3 is 2.32 bits per heavy atom. The van der Waals surface area contributed by atoms with E-state index in [0.29, 0.717) is 32.0 Å². The molecule has 1 aliphatic heterocycles. The number of rotatable bonds is 7. The Bertz CT molecular complexity index is 707. The predicted molar refractivity (Wildman–Crippen MR) is 113 cm³/mol. The van der Waals surface area contributed by atoms with E-state index in [9.17, 15) is 13.2 Å². The molecule has 6 nitrogen and oxygen atoms in total. The second-order valence-corrected chi connectivity index (χ2v) is 9.41. The third-order valence-electron chi connectivity index (χ3n) is 5.57. The first-order valence-electron chi connectivity index (χ1n) is 10.2. The molecule has 1 saturated heterocycles. The van der Waals surface area contributed by atoms with Gasteiger partial charge in [-0.3, -0.25) is 4.79 Å². The highest BCUT2D eigenvalue weighted by atomic mass is 35.5. The minimum absolute atomic E-state index is 0. The summed E-state index contributed by atoms with van der Waals surface area (Å²) < 4.78 is 27.1. The Labute approximate surface area is 174 Å². The van der Waals surface area contributed by atoms with E-state index in [-0.39, 0.29) is 23.2 Å². The predicted octanol–water partition coefficient (Wildman–Crippen LogP) is 2.69.